The Morgan fingerprint density at radius 1 is 0.500 bits per heavy atom. The van der Waals surface area contributed by atoms with Crippen LogP contribution >= 0.6 is 0 Å². The normalized spacial score (nSPS) is 12.0. The van der Waals surface area contributed by atoms with Crippen molar-refractivity contribution >= 4 is 17.8 Å². The summed E-state index contributed by atoms with van der Waals surface area (Å²) in [5, 5.41) is 5.83. The summed E-state index contributed by atoms with van der Waals surface area (Å²) in [6.45, 7) is 4.01. The fraction of sp³-hybridized carbons (Fsp3) is 0.200. The maximum absolute atomic E-state index is 15.0. The van der Waals surface area contributed by atoms with Crippen LogP contribution in [0.2, 0.25) is 0 Å². The van der Waals surface area contributed by atoms with Crippen LogP contribution in [0.5, 0.6) is 23.0 Å². The van der Waals surface area contributed by atoms with Crippen molar-refractivity contribution in [2.24, 2.45) is 5.92 Å². The Bertz CT molecular complexity index is 2110. The number of Topliss-reactive ketones (excluding diaryl/α,β-unsaturated/α-hetero) is 1. The number of carbonyl (C=O) groups excluding carboxylic acids is 3. The van der Waals surface area contributed by atoms with Gasteiger partial charge in [0.2, 0.25) is 5.91 Å². The van der Waals surface area contributed by atoms with Gasteiger partial charge in [-0.3, -0.25) is 9.59 Å². The van der Waals surface area contributed by atoms with E-state index in [1.165, 1.54) is 0 Å². The van der Waals surface area contributed by atoms with Crippen LogP contribution in [0.4, 0.5) is 4.79 Å². The Morgan fingerprint density at radius 2 is 0.948 bits per heavy atom. The van der Waals surface area contributed by atoms with Crippen LogP contribution in [-0.4, -0.2) is 29.9 Å². The summed E-state index contributed by atoms with van der Waals surface area (Å²) in [4.78, 5) is 42.3. The van der Waals surface area contributed by atoms with Crippen molar-refractivity contribution in [3.63, 3.8) is 0 Å². The molecule has 6 aromatic carbocycles. The summed E-state index contributed by atoms with van der Waals surface area (Å²) in [7, 11) is 0. The van der Waals surface area contributed by atoms with Crippen LogP contribution in [0.15, 0.2) is 170 Å². The molecule has 0 unspecified atom stereocenters. The Morgan fingerprint density at radius 3 is 1.45 bits per heavy atom. The van der Waals surface area contributed by atoms with Gasteiger partial charge in [-0.05, 0) is 102 Å². The zero-order valence-electron chi connectivity index (χ0n) is 32.9. The van der Waals surface area contributed by atoms with Crippen LogP contribution in [0, 0.1) is 11.8 Å². The van der Waals surface area contributed by atoms with Crippen LogP contribution in [0.25, 0.3) is 0 Å². The van der Waals surface area contributed by atoms with E-state index in [4.69, 9.17) is 14.2 Å². The van der Waals surface area contributed by atoms with Crippen molar-refractivity contribution in [2.45, 2.75) is 58.2 Å². The summed E-state index contributed by atoms with van der Waals surface area (Å²) in [5.41, 5.74) is 3.46. The second-order valence-corrected chi connectivity index (χ2v) is 14.6. The molecule has 0 aliphatic rings. The SMILES string of the molecule is CC(C)C[C@H](NC(=O)OCc1ccccc1)C(=O)N[C@@H](Cc1ccccc1)C(=O)[C](Cc1cccc(Oc2ccccc2)c1)Cc1cccc(Oc2ccccc2)c1. The monoisotopic (exact) mass is 773 g/mol. The first kappa shape index (κ1) is 41.0. The van der Waals surface area contributed by atoms with Gasteiger partial charge in [0.25, 0.3) is 0 Å². The molecular formula is C50H49N2O6. The first-order valence-corrected chi connectivity index (χ1v) is 19.6. The van der Waals surface area contributed by atoms with Crippen LogP contribution in [0.3, 0.4) is 0 Å². The summed E-state index contributed by atoms with van der Waals surface area (Å²) in [6, 6.07) is 51.5. The van der Waals surface area contributed by atoms with Crippen molar-refractivity contribution in [2.75, 3.05) is 0 Å². The Hall–Kier alpha value is -6.67. The molecule has 0 aromatic heterocycles. The molecule has 6 rings (SSSR count). The van der Waals surface area contributed by atoms with E-state index in [0.29, 0.717) is 48.2 Å². The third kappa shape index (κ3) is 12.9. The van der Waals surface area contributed by atoms with Crippen LogP contribution in [0.1, 0.15) is 42.5 Å². The zero-order chi connectivity index (χ0) is 40.5. The van der Waals surface area contributed by atoms with Crippen molar-refractivity contribution in [3.8, 4) is 23.0 Å². The first-order valence-electron chi connectivity index (χ1n) is 19.6. The largest absolute Gasteiger partial charge is 0.457 e. The lowest BCUT2D eigenvalue weighted by Gasteiger charge is -2.27. The summed E-state index contributed by atoms with van der Waals surface area (Å²) in [6.07, 6.45) is 0.482. The van der Waals surface area contributed by atoms with E-state index >= 15 is 4.79 Å². The number of carbonyl (C=O) groups is 3. The van der Waals surface area contributed by atoms with Crippen molar-refractivity contribution in [3.05, 3.63) is 198 Å². The molecule has 1 radical (unpaired) electrons. The lowest BCUT2D eigenvalue weighted by Crippen LogP contribution is -2.53. The van der Waals surface area contributed by atoms with E-state index < -0.39 is 24.1 Å². The molecule has 2 N–H and O–H groups in total. The van der Waals surface area contributed by atoms with Gasteiger partial charge >= 0.3 is 6.09 Å². The lowest BCUT2D eigenvalue weighted by atomic mass is 9.84. The van der Waals surface area contributed by atoms with E-state index in [2.05, 4.69) is 10.6 Å². The molecule has 0 bridgehead atoms. The van der Waals surface area contributed by atoms with E-state index in [0.717, 1.165) is 22.3 Å². The highest BCUT2D eigenvalue weighted by molar-refractivity contribution is 6.00. The summed E-state index contributed by atoms with van der Waals surface area (Å²) < 4.78 is 17.8. The minimum atomic E-state index is -0.936. The highest BCUT2D eigenvalue weighted by atomic mass is 16.5. The van der Waals surface area contributed by atoms with E-state index in [-0.39, 0.29) is 24.7 Å². The molecule has 58 heavy (non-hydrogen) atoms. The third-order valence-corrected chi connectivity index (χ3v) is 9.38. The maximum atomic E-state index is 15.0. The van der Waals surface area contributed by atoms with Gasteiger partial charge in [0.15, 0.2) is 5.78 Å². The number of para-hydroxylation sites is 2. The highest BCUT2D eigenvalue weighted by Gasteiger charge is 2.33. The number of hydrogen-bond donors (Lipinski definition) is 2. The zero-order valence-corrected chi connectivity index (χ0v) is 32.9. The number of ether oxygens (including phenoxy) is 3. The molecule has 295 valence electrons. The van der Waals surface area contributed by atoms with Gasteiger partial charge in [-0.2, -0.15) is 0 Å². The number of ketones is 1. The van der Waals surface area contributed by atoms with Gasteiger partial charge in [0.1, 0.15) is 35.6 Å². The van der Waals surface area contributed by atoms with E-state index in [1.807, 2.05) is 184 Å². The summed E-state index contributed by atoms with van der Waals surface area (Å²) >= 11 is 0. The number of rotatable bonds is 19. The molecule has 0 aliphatic heterocycles. The molecule has 0 aliphatic carbocycles. The van der Waals surface area contributed by atoms with Gasteiger partial charge in [-0.1, -0.05) is 135 Å². The Kier molecular flexibility index (Phi) is 14.9. The molecule has 0 heterocycles. The third-order valence-electron chi connectivity index (χ3n) is 9.38. The van der Waals surface area contributed by atoms with Gasteiger partial charge in [-0.15, -0.1) is 0 Å². The van der Waals surface area contributed by atoms with Gasteiger partial charge < -0.3 is 24.8 Å². The van der Waals surface area contributed by atoms with Crippen LogP contribution in [-0.2, 0) is 40.2 Å². The van der Waals surface area contributed by atoms with Gasteiger partial charge in [-0.25, -0.2) is 4.79 Å². The maximum Gasteiger partial charge on any atom is 0.408 e. The predicted octanol–water partition coefficient (Wildman–Crippen LogP) is 10.3. The molecule has 2 atom stereocenters. The second-order valence-electron chi connectivity index (χ2n) is 14.6. The quantitative estimate of drug-likeness (QED) is 0.0850. The van der Waals surface area contributed by atoms with Crippen molar-refractivity contribution in [1.82, 2.24) is 10.6 Å². The first-order chi connectivity index (χ1) is 28.3. The Balaban J connectivity index is 1.27. The van der Waals surface area contributed by atoms with Crippen LogP contribution < -0.4 is 20.1 Å². The molecule has 2 amide bonds. The highest BCUT2D eigenvalue weighted by Crippen LogP contribution is 2.28. The number of alkyl carbamates (subject to hydrolysis) is 1. The predicted molar refractivity (Wildman–Crippen MR) is 227 cm³/mol. The molecular weight excluding hydrogens is 725 g/mol. The molecule has 8 heteroatoms. The number of nitrogens with one attached hydrogen (secondary N) is 2. The average molecular weight is 774 g/mol. The smallest absolute Gasteiger partial charge is 0.408 e. The second kappa shape index (κ2) is 21.0. The molecule has 0 saturated heterocycles. The topological polar surface area (TPSA) is 103 Å². The molecule has 0 fully saturated rings. The Labute approximate surface area is 341 Å². The molecule has 6 aromatic rings. The molecule has 8 nitrogen and oxygen atoms in total. The van der Waals surface area contributed by atoms with Gasteiger partial charge in [0.05, 0.1) is 12.0 Å². The molecule has 0 saturated carbocycles. The van der Waals surface area contributed by atoms with E-state index in [9.17, 15) is 9.59 Å². The number of hydrogen-bond acceptors (Lipinski definition) is 6. The fourth-order valence-electron chi connectivity index (χ4n) is 6.60. The number of amides is 2. The number of benzene rings is 6. The minimum absolute atomic E-state index is 0.0608. The van der Waals surface area contributed by atoms with E-state index in [1.54, 1.807) is 0 Å². The van der Waals surface area contributed by atoms with Crippen molar-refractivity contribution in [1.29, 1.82) is 0 Å². The summed E-state index contributed by atoms with van der Waals surface area (Å²) in [5.74, 6) is 2.67. The fourth-order valence-corrected chi connectivity index (χ4v) is 6.60. The molecule has 0 spiro atoms. The standard InChI is InChI=1S/C50H49N2O6/c1-36(2)29-47(52-50(55)56-35-38-19-9-4-10-20-38)49(54)51-46(34-37-17-7-3-8-18-37)48(53)41(30-39-21-15-27-44(32-39)57-42-23-11-5-12-24-42)31-40-22-16-28-45(33-40)58-43-25-13-6-14-26-43/h3-28,32-33,36,46-47H,29-31,34-35H2,1-2H3,(H,51,54)(H,52,55)/t46-,47-/m0/s1. The lowest BCUT2D eigenvalue weighted by molar-refractivity contribution is -0.128. The minimum Gasteiger partial charge on any atom is -0.457 e. The van der Waals surface area contributed by atoms with Crippen molar-refractivity contribution < 1.29 is 28.6 Å². The van der Waals surface area contributed by atoms with Gasteiger partial charge in [0, 0.05) is 0 Å². The average Bonchev–Trinajstić information content (AvgIpc) is 3.23.